The maximum Gasteiger partial charge on any atom is 0.0424 e. The van der Waals surface area contributed by atoms with Gasteiger partial charge in [0.2, 0.25) is 0 Å². The molecule has 0 radical (unpaired) electrons. The number of nitrogens with one attached hydrogen (secondary N) is 1. The van der Waals surface area contributed by atoms with Crippen molar-refractivity contribution in [2.45, 2.75) is 25.8 Å². The SMILES string of the molecule is CCC[C@@H](c1cc(Cl)cc(Cl)c1)N1CCNCC1. The van der Waals surface area contributed by atoms with E-state index in [2.05, 4.69) is 29.3 Å². The lowest BCUT2D eigenvalue weighted by molar-refractivity contribution is 0.164. The molecule has 1 saturated heterocycles. The summed E-state index contributed by atoms with van der Waals surface area (Å²) in [5, 5.41) is 4.85. The molecule has 0 unspecified atom stereocenters. The van der Waals surface area contributed by atoms with Gasteiger partial charge in [0, 0.05) is 42.3 Å². The summed E-state index contributed by atoms with van der Waals surface area (Å²) in [6.45, 7) is 6.54. The third kappa shape index (κ3) is 3.61. The van der Waals surface area contributed by atoms with Gasteiger partial charge in [0.05, 0.1) is 0 Å². The predicted molar refractivity (Wildman–Crippen MR) is 78.6 cm³/mol. The largest absolute Gasteiger partial charge is 0.314 e. The Morgan fingerprint density at radius 3 is 2.33 bits per heavy atom. The smallest absolute Gasteiger partial charge is 0.0424 e. The molecule has 2 rings (SSSR count). The fourth-order valence-electron chi connectivity index (χ4n) is 2.59. The molecule has 18 heavy (non-hydrogen) atoms. The van der Waals surface area contributed by atoms with Crippen LogP contribution in [0.1, 0.15) is 31.4 Å². The molecule has 1 heterocycles. The summed E-state index contributed by atoms with van der Waals surface area (Å²) in [6, 6.07) is 6.34. The lowest BCUT2D eigenvalue weighted by Crippen LogP contribution is -2.45. The van der Waals surface area contributed by atoms with Gasteiger partial charge in [-0.05, 0) is 30.2 Å². The molecule has 1 aromatic carbocycles. The monoisotopic (exact) mass is 286 g/mol. The number of piperazine rings is 1. The van der Waals surface area contributed by atoms with Gasteiger partial charge in [-0.3, -0.25) is 4.90 Å². The molecule has 100 valence electrons. The van der Waals surface area contributed by atoms with Gasteiger partial charge in [0.1, 0.15) is 0 Å². The van der Waals surface area contributed by atoms with Crippen LogP contribution in [0.4, 0.5) is 0 Å². The number of hydrogen-bond donors (Lipinski definition) is 1. The summed E-state index contributed by atoms with van der Waals surface area (Å²) in [7, 11) is 0. The molecule has 0 bridgehead atoms. The van der Waals surface area contributed by atoms with Crippen LogP contribution in [-0.2, 0) is 0 Å². The van der Waals surface area contributed by atoms with E-state index < -0.39 is 0 Å². The molecule has 0 aromatic heterocycles. The quantitative estimate of drug-likeness (QED) is 0.907. The molecule has 1 aromatic rings. The van der Waals surface area contributed by atoms with Crippen molar-refractivity contribution in [1.29, 1.82) is 0 Å². The van der Waals surface area contributed by atoms with E-state index in [0.717, 1.165) is 42.6 Å². The molecule has 1 N–H and O–H groups in total. The molecular formula is C14H20Cl2N2. The van der Waals surface area contributed by atoms with E-state index in [9.17, 15) is 0 Å². The van der Waals surface area contributed by atoms with Gasteiger partial charge in [-0.25, -0.2) is 0 Å². The highest BCUT2D eigenvalue weighted by atomic mass is 35.5. The maximum atomic E-state index is 6.12. The molecule has 2 nitrogen and oxygen atoms in total. The van der Waals surface area contributed by atoms with Gasteiger partial charge in [-0.15, -0.1) is 0 Å². The molecule has 0 aliphatic carbocycles. The second-order valence-corrected chi connectivity index (χ2v) is 5.67. The Kier molecular flexibility index (Phi) is 5.31. The zero-order valence-corrected chi connectivity index (χ0v) is 12.3. The standard InChI is InChI=1S/C14H20Cl2N2/c1-2-3-14(18-6-4-17-5-7-18)11-8-12(15)10-13(16)9-11/h8-10,14,17H,2-7H2,1H3/t14-/m0/s1. The van der Waals surface area contributed by atoms with Crippen LogP contribution in [0.2, 0.25) is 10.0 Å². The minimum atomic E-state index is 0.438. The number of halogens is 2. The Balaban J connectivity index is 2.22. The van der Waals surface area contributed by atoms with Crippen LogP contribution in [0.3, 0.4) is 0 Å². The highest BCUT2D eigenvalue weighted by Crippen LogP contribution is 2.30. The van der Waals surface area contributed by atoms with Gasteiger partial charge in [-0.2, -0.15) is 0 Å². The molecule has 1 aliphatic heterocycles. The third-order valence-corrected chi connectivity index (χ3v) is 3.86. The first kappa shape index (κ1) is 14.1. The Morgan fingerprint density at radius 2 is 1.78 bits per heavy atom. The average Bonchev–Trinajstić information content (AvgIpc) is 2.36. The molecule has 1 fully saturated rings. The van der Waals surface area contributed by atoms with E-state index in [1.165, 1.54) is 12.0 Å². The number of benzene rings is 1. The van der Waals surface area contributed by atoms with E-state index in [4.69, 9.17) is 23.2 Å². The van der Waals surface area contributed by atoms with Crippen molar-refractivity contribution in [2.75, 3.05) is 26.2 Å². The van der Waals surface area contributed by atoms with Crippen LogP contribution in [0.25, 0.3) is 0 Å². The molecule has 4 heteroatoms. The Bertz CT molecular complexity index is 369. The first-order valence-corrected chi connectivity index (χ1v) is 7.37. The van der Waals surface area contributed by atoms with Gasteiger partial charge < -0.3 is 5.32 Å². The summed E-state index contributed by atoms with van der Waals surface area (Å²) in [4.78, 5) is 2.53. The topological polar surface area (TPSA) is 15.3 Å². The van der Waals surface area contributed by atoms with Crippen molar-refractivity contribution in [3.05, 3.63) is 33.8 Å². The van der Waals surface area contributed by atoms with Crippen LogP contribution < -0.4 is 5.32 Å². The predicted octanol–water partition coefficient (Wildman–Crippen LogP) is 3.74. The highest BCUT2D eigenvalue weighted by molar-refractivity contribution is 6.34. The normalized spacial score (nSPS) is 18.8. The molecule has 0 saturated carbocycles. The summed E-state index contributed by atoms with van der Waals surface area (Å²) in [5.74, 6) is 0. The minimum absolute atomic E-state index is 0.438. The van der Waals surface area contributed by atoms with E-state index in [1.807, 2.05) is 0 Å². The molecule has 0 amide bonds. The summed E-state index contributed by atoms with van der Waals surface area (Å²) >= 11 is 12.2. The van der Waals surface area contributed by atoms with E-state index in [1.54, 1.807) is 6.07 Å². The van der Waals surface area contributed by atoms with Crippen LogP contribution in [-0.4, -0.2) is 31.1 Å². The first-order chi connectivity index (χ1) is 8.70. The Hall–Kier alpha value is -0.280. The zero-order chi connectivity index (χ0) is 13.0. The van der Waals surface area contributed by atoms with Crippen molar-refractivity contribution in [3.8, 4) is 0 Å². The zero-order valence-electron chi connectivity index (χ0n) is 10.8. The first-order valence-electron chi connectivity index (χ1n) is 6.61. The van der Waals surface area contributed by atoms with Crippen molar-refractivity contribution >= 4 is 23.2 Å². The number of hydrogen-bond acceptors (Lipinski definition) is 2. The van der Waals surface area contributed by atoms with Crippen molar-refractivity contribution in [3.63, 3.8) is 0 Å². The Labute approximate surface area is 119 Å². The number of nitrogens with zero attached hydrogens (tertiary/aromatic N) is 1. The lowest BCUT2D eigenvalue weighted by atomic mass is 10.00. The van der Waals surface area contributed by atoms with Crippen molar-refractivity contribution in [2.24, 2.45) is 0 Å². The van der Waals surface area contributed by atoms with Crippen molar-refractivity contribution < 1.29 is 0 Å². The fourth-order valence-corrected chi connectivity index (χ4v) is 3.14. The van der Waals surface area contributed by atoms with Gasteiger partial charge in [0.15, 0.2) is 0 Å². The summed E-state index contributed by atoms with van der Waals surface area (Å²) in [6.07, 6.45) is 2.31. The van der Waals surface area contributed by atoms with E-state index >= 15 is 0 Å². The lowest BCUT2D eigenvalue weighted by Gasteiger charge is -2.35. The molecule has 1 atom stereocenters. The Morgan fingerprint density at radius 1 is 1.17 bits per heavy atom. The molecule has 0 spiro atoms. The second kappa shape index (κ2) is 6.76. The summed E-state index contributed by atoms with van der Waals surface area (Å²) < 4.78 is 0. The minimum Gasteiger partial charge on any atom is -0.314 e. The van der Waals surface area contributed by atoms with Gasteiger partial charge in [-0.1, -0.05) is 36.5 Å². The highest BCUT2D eigenvalue weighted by Gasteiger charge is 2.21. The second-order valence-electron chi connectivity index (χ2n) is 4.79. The van der Waals surface area contributed by atoms with E-state index in [-0.39, 0.29) is 0 Å². The fraction of sp³-hybridized carbons (Fsp3) is 0.571. The number of rotatable bonds is 4. The maximum absolute atomic E-state index is 6.12. The van der Waals surface area contributed by atoms with Crippen LogP contribution in [0.5, 0.6) is 0 Å². The van der Waals surface area contributed by atoms with Gasteiger partial charge in [0.25, 0.3) is 0 Å². The van der Waals surface area contributed by atoms with E-state index in [0.29, 0.717) is 6.04 Å². The molecular weight excluding hydrogens is 267 g/mol. The van der Waals surface area contributed by atoms with Crippen LogP contribution in [0, 0.1) is 0 Å². The summed E-state index contributed by atoms with van der Waals surface area (Å²) in [5.41, 5.74) is 1.25. The van der Waals surface area contributed by atoms with Gasteiger partial charge >= 0.3 is 0 Å². The van der Waals surface area contributed by atoms with Crippen LogP contribution >= 0.6 is 23.2 Å². The van der Waals surface area contributed by atoms with Crippen LogP contribution in [0.15, 0.2) is 18.2 Å². The van der Waals surface area contributed by atoms with Crippen molar-refractivity contribution in [1.82, 2.24) is 10.2 Å². The molecule has 1 aliphatic rings. The average molecular weight is 287 g/mol. The third-order valence-electron chi connectivity index (χ3n) is 3.42.